The highest BCUT2D eigenvalue weighted by Gasteiger charge is 2.09. The summed E-state index contributed by atoms with van der Waals surface area (Å²) >= 11 is 0. The van der Waals surface area contributed by atoms with Crippen molar-refractivity contribution >= 4 is 0 Å². The Morgan fingerprint density at radius 1 is 1.05 bits per heavy atom. The van der Waals surface area contributed by atoms with Crippen LogP contribution in [0.4, 0.5) is 0 Å². The molecule has 2 aromatic carbocycles. The Labute approximate surface area is 113 Å². The molecule has 2 aromatic rings. The topological polar surface area (TPSA) is 41.5 Å². The molecule has 0 spiro atoms. The van der Waals surface area contributed by atoms with E-state index in [1.54, 1.807) is 0 Å². The van der Waals surface area contributed by atoms with Crippen LogP contribution in [0.25, 0.3) is 0 Å². The molecule has 0 aliphatic carbocycles. The van der Waals surface area contributed by atoms with Crippen LogP contribution in [0, 0.1) is 0 Å². The molecular formula is C16H19NO2. The number of likely N-dealkylation sites (N-methyl/N-ethyl adjacent to an activating group) is 1. The number of hydrogen-bond acceptors (Lipinski definition) is 3. The van der Waals surface area contributed by atoms with Crippen LogP contribution >= 0.6 is 0 Å². The summed E-state index contributed by atoms with van der Waals surface area (Å²) in [4.78, 5) is 0. The second-order valence-corrected chi connectivity index (χ2v) is 4.28. The number of para-hydroxylation sites is 1. The van der Waals surface area contributed by atoms with E-state index in [0.29, 0.717) is 0 Å². The number of aliphatic hydroxyl groups excluding tert-OH is 1. The van der Waals surface area contributed by atoms with Gasteiger partial charge in [0.05, 0.1) is 12.6 Å². The van der Waals surface area contributed by atoms with Crippen molar-refractivity contribution in [3.05, 3.63) is 60.2 Å². The van der Waals surface area contributed by atoms with Gasteiger partial charge in [0.2, 0.25) is 0 Å². The number of aliphatic hydroxyl groups is 1. The van der Waals surface area contributed by atoms with Crippen LogP contribution in [0.5, 0.6) is 11.5 Å². The summed E-state index contributed by atoms with van der Waals surface area (Å²) in [6, 6.07) is 17.4. The van der Waals surface area contributed by atoms with E-state index in [1.165, 1.54) is 0 Å². The van der Waals surface area contributed by atoms with Gasteiger partial charge in [0.25, 0.3) is 0 Å². The molecule has 0 fully saturated rings. The molecule has 1 unspecified atom stereocenters. The lowest BCUT2D eigenvalue weighted by Crippen LogP contribution is -2.23. The lowest BCUT2D eigenvalue weighted by molar-refractivity contribution is 0.246. The zero-order valence-electron chi connectivity index (χ0n) is 11.0. The third-order valence-electron chi connectivity index (χ3n) is 2.87. The van der Waals surface area contributed by atoms with Crippen molar-refractivity contribution in [1.82, 2.24) is 5.32 Å². The number of rotatable bonds is 6. The Morgan fingerprint density at radius 3 is 2.47 bits per heavy atom. The highest BCUT2D eigenvalue weighted by Crippen LogP contribution is 2.24. The molecule has 0 aliphatic rings. The molecule has 3 heteroatoms. The Balaban J connectivity index is 2.15. The summed E-state index contributed by atoms with van der Waals surface area (Å²) in [5.74, 6) is 1.59. The van der Waals surface area contributed by atoms with Crippen molar-refractivity contribution in [3.63, 3.8) is 0 Å². The maximum absolute atomic E-state index is 9.39. The van der Waals surface area contributed by atoms with E-state index >= 15 is 0 Å². The molecule has 0 saturated carbocycles. The normalized spacial score (nSPS) is 12.1. The molecule has 1 atom stereocenters. The van der Waals surface area contributed by atoms with Crippen molar-refractivity contribution in [2.45, 2.75) is 13.0 Å². The fourth-order valence-electron chi connectivity index (χ4n) is 1.95. The van der Waals surface area contributed by atoms with E-state index < -0.39 is 0 Å². The first kappa shape index (κ1) is 13.6. The van der Waals surface area contributed by atoms with E-state index in [0.717, 1.165) is 23.6 Å². The molecule has 0 heterocycles. The summed E-state index contributed by atoms with van der Waals surface area (Å²) < 4.78 is 5.78. The second kappa shape index (κ2) is 6.92. The van der Waals surface area contributed by atoms with Crippen LogP contribution in [0.1, 0.15) is 18.5 Å². The number of benzene rings is 2. The van der Waals surface area contributed by atoms with Crippen molar-refractivity contribution in [2.75, 3.05) is 13.2 Å². The van der Waals surface area contributed by atoms with E-state index in [2.05, 4.69) is 5.32 Å². The SMILES string of the molecule is CCNC(CO)c1cccc(Oc2ccccc2)c1. The van der Waals surface area contributed by atoms with Crippen LogP contribution in [-0.2, 0) is 0 Å². The smallest absolute Gasteiger partial charge is 0.127 e. The molecule has 0 aliphatic heterocycles. The number of nitrogens with one attached hydrogen (secondary N) is 1. The second-order valence-electron chi connectivity index (χ2n) is 4.28. The van der Waals surface area contributed by atoms with E-state index in [9.17, 15) is 5.11 Å². The Bertz CT molecular complexity index is 499. The molecule has 3 nitrogen and oxygen atoms in total. The quantitative estimate of drug-likeness (QED) is 0.835. The van der Waals surface area contributed by atoms with Gasteiger partial charge in [-0.05, 0) is 36.4 Å². The van der Waals surface area contributed by atoms with Crippen LogP contribution in [0.15, 0.2) is 54.6 Å². The van der Waals surface area contributed by atoms with Gasteiger partial charge in [0, 0.05) is 0 Å². The maximum atomic E-state index is 9.39. The van der Waals surface area contributed by atoms with Gasteiger partial charge in [0.1, 0.15) is 11.5 Å². The summed E-state index contributed by atoms with van der Waals surface area (Å²) in [6.07, 6.45) is 0. The molecule has 0 radical (unpaired) electrons. The first-order valence-electron chi connectivity index (χ1n) is 6.50. The van der Waals surface area contributed by atoms with Crippen molar-refractivity contribution in [3.8, 4) is 11.5 Å². The van der Waals surface area contributed by atoms with Gasteiger partial charge in [-0.25, -0.2) is 0 Å². The fourth-order valence-corrected chi connectivity index (χ4v) is 1.95. The first-order chi connectivity index (χ1) is 9.33. The predicted octanol–water partition coefficient (Wildman–Crippen LogP) is 3.12. The van der Waals surface area contributed by atoms with E-state index in [4.69, 9.17) is 4.74 Å². The average molecular weight is 257 g/mol. The molecule has 0 saturated heterocycles. The van der Waals surface area contributed by atoms with Crippen LogP contribution in [-0.4, -0.2) is 18.3 Å². The highest BCUT2D eigenvalue weighted by atomic mass is 16.5. The van der Waals surface area contributed by atoms with Crippen molar-refractivity contribution in [2.24, 2.45) is 0 Å². The molecule has 100 valence electrons. The Morgan fingerprint density at radius 2 is 1.79 bits per heavy atom. The molecular weight excluding hydrogens is 238 g/mol. The van der Waals surface area contributed by atoms with Gasteiger partial charge in [-0.1, -0.05) is 37.3 Å². The van der Waals surface area contributed by atoms with Gasteiger partial charge in [-0.3, -0.25) is 0 Å². The first-order valence-corrected chi connectivity index (χ1v) is 6.50. The minimum Gasteiger partial charge on any atom is -0.457 e. The van der Waals surface area contributed by atoms with Gasteiger partial charge < -0.3 is 15.2 Å². The van der Waals surface area contributed by atoms with E-state index in [1.807, 2.05) is 61.5 Å². The van der Waals surface area contributed by atoms with E-state index in [-0.39, 0.29) is 12.6 Å². The number of ether oxygens (including phenoxy) is 1. The third-order valence-corrected chi connectivity index (χ3v) is 2.87. The maximum Gasteiger partial charge on any atom is 0.127 e. The molecule has 0 bridgehead atoms. The fraction of sp³-hybridized carbons (Fsp3) is 0.250. The molecule has 0 amide bonds. The van der Waals surface area contributed by atoms with Gasteiger partial charge in [0.15, 0.2) is 0 Å². The lowest BCUT2D eigenvalue weighted by atomic mass is 10.1. The summed E-state index contributed by atoms with van der Waals surface area (Å²) in [6.45, 7) is 2.91. The van der Waals surface area contributed by atoms with Gasteiger partial charge >= 0.3 is 0 Å². The monoisotopic (exact) mass is 257 g/mol. The number of hydrogen-bond donors (Lipinski definition) is 2. The minimum absolute atomic E-state index is 0.0516. The molecule has 2 N–H and O–H groups in total. The predicted molar refractivity (Wildman–Crippen MR) is 76.5 cm³/mol. The lowest BCUT2D eigenvalue weighted by Gasteiger charge is -2.16. The molecule has 19 heavy (non-hydrogen) atoms. The van der Waals surface area contributed by atoms with Crippen molar-refractivity contribution < 1.29 is 9.84 Å². The van der Waals surface area contributed by atoms with Crippen LogP contribution in [0.3, 0.4) is 0 Å². The van der Waals surface area contributed by atoms with Crippen LogP contribution in [0.2, 0.25) is 0 Å². The van der Waals surface area contributed by atoms with Crippen molar-refractivity contribution in [1.29, 1.82) is 0 Å². The van der Waals surface area contributed by atoms with Gasteiger partial charge in [-0.2, -0.15) is 0 Å². The zero-order chi connectivity index (χ0) is 13.5. The highest BCUT2D eigenvalue weighted by molar-refractivity contribution is 5.35. The molecule has 0 aromatic heterocycles. The largest absolute Gasteiger partial charge is 0.457 e. The summed E-state index contributed by atoms with van der Waals surface area (Å²) in [5.41, 5.74) is 1.03. The third kappa shape index (κ3) is 3.81. The summed E-state index contributed by atoms with van der Waals surface area (Å²) in [5, 5.41) is 12.6. The molecule has 2 rings (SSSR count). The van der Waals surface area contributed by atoms with Gasteiger partial charge in [-0.15, -0.1) is 0 Å². The average Bonchev–Trinajstić information content (AvgIpc) is 2.46. The summed E-state index contributed by atoms with van der Waals surface area (Å²) in [7, 11) is 0. The van der Waals surface area contributed by atoms with Crippen LogP contribution < -0.4 is 10.1 Å². The minimum atomic E-state index is -0.0516. The Hall–Kier alpha value is -1.84. The standard InChI is InChI=1S/C16H19NO2/c1-2-17-16(12-18)13-7-6-10-15(11-13)19-14-8-4-3-5-9-14/h3-11,16-18H,2,12H2,1H3. The zero-order valence-corrected chi connectivity index (χ0v) is 11.0. The Kier molecular flexibility index (Phi) is 4.95.